The van der Waals surface area contributed by atoms with E-state index in [0.717, 1.165) is 28.3 Å². The summed E-state index contributed by atoms with van der Waals surface area (Å²) < 4.78 is 0. The Labute approximate surface area is 186 Å². The molecule has 1 aliphatic heterocycles. The zero-order valence-corrected chi connectivity index (χ0v) is 17.3. The molecule has 0 bridgehead atoms. The van der Waals surface area contributed by atoms with Crippen molar-refractivity contribution >= 4 is 34.6 Å². The summed E-state index contributed by atoms with van der Waals surface area (Å²) in [7, 11) is 0. The van der Waals surface area contributed by atoms with Gasteiger partial charge in [-0.1, -0.05) is 66.7 Å². The van der Waals surface area contributed by atoms with Crippen LogP contribution in [0.4, 0.5) is 22.7 Å². The Morgan fingerprint density at radius 3 is 1.41 bits per heavy atom. The highest BCUT2D eigenvalue weighted by Crippen LogP contribution is 2.36. The molecule has 4 aromatic carbocycles. The predicted molar refractivity (Wildman–Crippen MR) is 127 cm³/mol. The van der Waals surface area contributed by atoms with Gasteiger partial charge in [0.05, 0.1) is 29.0 Å². The lowest BCUT2D eigenvalue weighted by Crippen LogP contribution is -2.29. The van der Waals surface area contributed by atoms with E-state index in [2.05, 4.69) is 10.6 Å². The van der Waals surface area contributed by atoms with Crippen LogP contribution in [0, 0.1) is 0 Å². The number of amides is 2. The van der Waals surface area contributed by atoms with E-state index in [1.54, 1.807) is 12.1 Å². The first kappa shape index (κ1) is 19.6. The molecule has 1 heterocycles. The maximum Gasteiger partial charge on any atom is 0.261 e. The summed E-state index contributed by atoms with van der Waals surface area (Å²) in [5, 5.41) is 6.76. The first-order valence-electron chi connectivity index (χ1n) is 10.4. The van der Waals surface area contributed by atoms with Crippen LogP contribution in [-0.4, -0.2) is 16.7 Å². The number of nitrogens with one attached hydrogen (secondary N) is 2. The predicted octanol–water partition coefficient (Wildman–Crippen LogP) is 5.97. The van der Waals surface area contributed by atoms with E-state index in [0.29, 0.717) is 11.1 Å². The van der Waals surface area contributed by atoms with Crippen LogP contribution in [0.1, 0.15) is 26.3 Å². The number of hydrogen-bond donors (Lipinski definition) is 2. The summed E-state index contributed by atoms with van der Waals surface area (Å²) in [4.78, 5) is 27.6. The van der Waals surface area contributed by atoms with Gasteiger partial charge in [0.1, 0.15) is 0 Å². The first-order valence-corrected chi connectivity index (χ1v) is 10.4. The van der Waals surface area contributed by atoms with Crippen LogP contribution in [0.5, 0.6) is 0 Å². The average Bonchev–Trinajstić information content (AvgIpc) is 3.05. The fourth-order valence-corrected chi connectivity index (χ4v) is 3.81. The number of para-hydroxylation sites is 2. The Morgan fingerprint density at radius 1 is 0.562 bits per heavy atom. The number of nitrogens with zero attached hydrogens (tertiary/aromatic N) is 1. The number of rotatable bonds is 6. The van der Waals surface area contributed by atoms with Crippen molar-refractivity contribution < 1.29 is 9.59 Å². The van der Waals surface area contributed by atoms with Crippen LogP contribution >= 0.6 is 0 Å². The maximum absolute atomic E-state index is 13.1. The Hall–Kier alpha value is -4.38. The second kappa shape index (κ2) is 8.40. The average molecular weight is 419 g/mol. The highest BCUT2D eigenvalue weighted by molar-refractivity contribution is 6.22. The zero-order valence-electron chi connectivity index (χ0n) is 17.3. The Balaban J connectivity index is 1.53. The van der Waals surface area contributed by atoms with Gasteiger partial charge in [-0.15, -0.1) is 0 Å². The molecule has 0 aliphatic carbocycles. The van der Waals surface area contributed by atoms with E-state index in [1.807, 2.05) is 91.0 Å². The molecule has 0 aromatic heterocycles. The van der Waals surface area contributed by atoms with Crippen LogP contribution in [-0.2, 0) is 6.54 Å². The lowest BCUT2D eigenvalue weighted by Gasteiger charge is -2.15. The molecule has 0 unspecified atom stereocenters. The second-order valence-electron chi connectivity index (χ2n) is 7.61. The van der Waals surface area contributed by atoms with Gasteiger partial charge in [-0.05, 0) is 42.0 Å². The van der Waals surface area contributed by atoms with Gasteiger partial charge < -0.3 is 10.6 Å². The standard InChI is InChI=1S/C27H21N3O2/c31-26-22-16-24(28-20-12-6-2-7-13-20)25(29-21-14-8-3-9-15-21)17-23(22)27(32)30(26)18-19-10-4-1-5-11-19/h1-17,28-29H,18H2. The van der Waals surface area contributed by atoms with Crippen molar-refractivity contribution in [2.75, 3.05) is 10.6 Å². The zero-order chi connectivity index (χ0) is 21.9. The molecule has 0 saturated carbocycles. The molecule has 5 rings (SSSR count). The molecular formula is C27H21N3O2. The van der Waals surface area contributed by atoms with E-state index in [-0.39, 0.29) is 18.4 Å². The molecule has 0 atom stereocenters. The highest BCUT2D eigenvalue weighted by atomic mass is 16.2. The Kier molecular flexibility index (Phi) is 5.14. The van der Waals surface area contributed by atoms with Crippen molar-refractivity contribution in [3.05, 3.63) is 120 Å². The first-order chi connectivity index (χ1) is 15.7. The van der Waals surface area contributed by atoms with E-state index in [9.17, 15) is 9.59 Å². The smallest absolute Gasteiger partial charge is 0.261 e. The largest absolute Gasteiger partial charge is 0.354 e. The molecule has 1 aliphatic rings. The number of carbonyl (C=O) groups excluding carboxylic acids is 2. The molecule has 32 heavy (non-hydrogen) atoms. The van der Waals surface area contributed by atoms with E-state index >= 15 is 0 Å². The molecule has 0 radical (unpaired) electrons. The van der Waals surface area contributed by atoms with Gasteiger partial charge in [0.2, 0.25) is 0 Å². The van der Waals surface area contributed by atoms with Gasteiger partial charge in [-0.2, -0.15) is 0 Å². The summed E-state index contributed by atoms with van der Waals surface area (Å²) in [5.74, 6) is -0.563. The fourth-order valence-electron chi connectivity index (χ4n) is 3.81. The summed E-state index contributed by atoms with van der Waals surface area (Å²) in [6, 6.07) is 32.5. The highest BCUT2D eigenvalue weighted by Gasteiger charge is 2.36. The molecular weight excluding hydrogens is 398 g/mol. The number of imide groups is 1. The third-order valence-corrected chi connectivity index (χ3v) is 5.40. The normalized spacial score (nSPS) is 12.6. The third-order valence-electron chi connectivity index (χ3n) is 5.40. The van der Waals surface area contributed by atoms with Crippen LogP contribution in [0.3, 0.4) is 0 Å². The molecule has 2 N–H and O–H groups in total. The molecule has 4 aromatic rings. The summed E-state index contributed by atoms with van der Waals surface area (Å²) in [5.41, 5.74) is 4.95. The lowest BCUT2D eigenvalue weighted by atomic mass is 10.1. The monoisotopic (exact) mass is 419 g/mol. The maximum atomic E-state index is 13.1. The summed E-state index contributed by atoms with van der Waals surface area (Å²) in [6.45, 7) is 0.246. The van der Waals surface area contributed by atoms with Crippen molar-refractivity contribution in [3.8, 4) is 0 Å². The lowest BCUT2D eigenvalue weighted by molar-refractivity contribution is 0.0642. The number of fused-ring (bicyclic) bond motifs is 1. The van der Waals surface area contributed by atoms with Gasteiger partial charge in [0.25, 0.3) is 11.8 Å². The van der Waals surface area contributed by atoms with Crippen molar-refractivity contribution in [3.63, 3.8) is 0 Å². The number of benzene rings is 4. The van der Waals surface area contributed by atoms with Gasteiger partial charge in [-0.25, -0.2) is 0 Å². The van der Waals surface area contributed by atoms with Crippen molar-refractivity contribution in [2.24, 2.45) is 0 Å². The topological polar surface area (TPSA) is 61.4 Å². The van der Waals surface area contributed by atoms with Crippen LogP contribution in [0.2, 0.25) is 0 Å². The van der Waals surface area contributed by atoms with Crippen LogP contribution in [0.15, 0.2) is 103 Å². The summed E-state index contributed by atoms with van der Waals surface area (Å²) in [6.07, 6.45) is 0. The van der Waals surface area contributed by atoms with Gasteiger partial charge >= 0.3 is 0 Å². The van der Waals surface area contributed by atoms with Gasteiger partial charge in [0.15, 0.2) is 0 Å². The molecule has 5 heteroatoms. The van der Waals surface area contributed by atoms with Crippen LogP contribution < -0.4 is 10.6 Å². The van der Waals surface area contributed by atoms with Crippen molar-refractivity contribution in [1.82, 2.24) is 4.90 Å². The van der Waals surface area contributed by atoms with Gasteiger partial charge in [-0.3, -0.25) is 14.5 Å². The number of anilines is 4. The molecule has 5 nitrogen and oxygen atoms in total. The Bertz CT molecular complexity index is 1190. The van der Waals surface area contributed by atoms with Crippen LogP contribution in [0.25, 0.3) is 0 Å². The number of carbonyl (C=O) groups is 2. The van der Waals surface area contributed by atoms with Crippen molar-refractivity contribution in [1.29, 1.82) is 0 Å². The summed E-state index contributed by atoms with van der Waals surface area (Å²) >= 11 is 0. The fraction of sp³-hybridized carbons (Fsp3) is 0.0370. The quantitative estimate of drug-likeness (QED) is 0.378. The Morgan fingerprint density at radius 2 is 0.969 bits per heavy atom. The molecule has 0 fully saturated rings. The molecule has 0 saturated heterocycles. The SMILES string of the molecule is O=C1c2cc(Nc3ccccc3)c(Nc3ccccc3)cc2C(=O)N1Cc1ccccc1. The molecule has 2 amide bonds. The minimum Gasteiger partial charge on any atom is -0.354 e. The van der Waals surface area contributed by atoms with Crippen molar-refractivity contribution in [2.45, 2.75) is 6.54 Å². The number of hydrogen-bond acceptors (Lipinski definition) is 4. The van der Waals surface area contributed by atoms with E-state index in [4.69, 9.17) is 0 Å². The molecule has 0 spiro atoms. The minimum atomic E-state index is -0.281. The third kappa shape index (κ3) is 3.84. The molecule has 156 valence electrons. The van der Waals surface area contributed by atoms with E-state index < -0.39 is 0 Å². The minimum absolute atomic E-state index is 0.246. The van der Waals surface area contributed by atoms with Gasteiger partial charge in [0, 0.05) is 11.4 Å². The second-order valence-corrected chi connectivity index (χ2v) is 7.61. The van der Waals surface area contributed by atoms with E-state index in [1.165, 1.54) is 4.90 Å².